The summed E-state index contributed by atoms with van der Waals surface area (Å²) < 4.78 is 5.62. The van der Waals surface area contributed by atoms with Crippen molar-refractivity contribution in [2.45, 2.75) is 13.8 Å². The van der Waals surface area contributed by atoms with E-state index in [0.717, 1.165) is 11.1 Å². The normalized spacial score (nSPS) is 10.0. The lowest BCUT2D eigenvalue weighted by molar-refractivity contribution is 0.0694. The fourth-order valence-corrected chi connectivity index (χ4v) is 2.39. The van der Waals surface area contributed by atoms with E-state index < -0.39 is 5.97 Å². The minimum atomic E-state index is -0.951. The molecule has 4 heteroatoms. The molecule has 76 valence electrons. The van der Waals surface area contributed by atoms with Crippen molar-refractivity contribution in [1.29, 1.82) is 0 Å². The Bertz CT molecular complexity index is 385. The van der Waals surface area contributed by atoms with Crippen molar-refractivity contribution in [2.24, 2.45) is 0 Å². The highest BCUT2D eigenvalue weighted by molar-refractivity contribution is 9.10. The highest BCUT2D eigenvalue weighted by Crippen LogP contribution is 2.34. The molecule has 0 aliphatic carbocycles. The number of ether oxygens (including phenoxy) is 1. The van der Waals surface area contributed by atoms with Crippen molar-refractivity contribution < 1.29 is 14.6 Å². The average Bonchev–Trinajstić information content (AvgIpc) is 2.02. The molecule has 0 fully saturated rings. The van der Waals surface area contributed by atoms with Gasteiger partial charge in [0.2, 0.25) is 0 Å². The van der Waals surface area contributed by atoms with Gasteiger partial charge < -0.3 is 9.84 Å². The van der Waals surface area contributed by atoms with Gasteiger partial charge in [0.15, 0.2) is 0 Å². The van der Waals surface area contributed by atoms with Crippen molar-refractivity contribution in [3.05, 3.63) is 27.2 Å². The number of aryl methyl sites for hydroxylation is 2. The predicted octanol–water partition coefficient (Wildman–Crippen LogP) is 2.77. The highest BCUT2D eigenvalue weighted by Gasteiger charge is 2.17. The molecule has 0 aliphatic heterocycles. The van der Waals surface area contributed by atoms with Crippen molar-refractivity contribution >= 4 is 21.9 Å². The van der Waals surface area contributed by atoms with Crippen molar-refractivity contribution in [3.63, 3.8) is 0 Å². The van der Waals surface area contributed by atoms with Crippen LogP contribution in [0.4, 0.5) is 0 Å². The van der Waals surface area contributed by atoms with Crippen molar-refractivity contribution in [3.8, 4) is 5.75 Å². The first-order valence-corrected chi connectivity index (χ1v) is 4.85. The smallest absolute Gasteiger partial charge is 0.337 e. The van der Waals surface area contributed by atoms with Crippen molar-refractivity contribution in [1.82, 2.24) is 0 Å². The zero-order valence-corrected chi connectivity index (χ0v) is 9.81. The van der Waals surface area contributed by atoms with Gasteiger partial charge in [0.05, 0.1) is 17.1 Å². The van der Waals surface area contributed by atoms with Gasteiger partial charge in [-0.1, -0.05) is 6.07 Å². The molecule has 1 N–H and O–H groups in total. The summed E-state index contributed by atoms with van der Waals surface area (Å²) in [4.78, 5) is 10.9. The van der Waals surface area contributed by atoms with Crippen LogP contribution in [-0.2, 0) is 0 Å². The van der Waals surface area contributed by atoms with Crippen LogP contribution in [0.2, 0.25) is 0 Å². The average molecular weight is 259 g/mol. The van der Waals surface area contributed by atoms with E-state index in [1.807, 2.05) is 6.92 Å². The molecule has 0 aromatic heterocycles. The lowest BCUT2D eigenvalue weighted by Gasteiger charge is -2.11. The Morgan fingerprint density at radius 2 is 2.00 bits per heavy atom. The molecule has 0 unspecified atom stereocenters. The topological polar surface area (TPSA) is 46.5 Å². The molecule has 0 heterocycles. The van der Waals surface area contributed by atoms with E-state index in [1.54, 1.807) is 13.0 Å². The van der Waals surface area contributed by atoms with Gasteiger partial charge in [0, 0.05) is 0 Å². The molecule has 0 aliphatic rings. The minimum Gasteiger partial charge on any atom is -0.495 e. The van der Waals surface area contributed by atoms with Crippen LogP contribution in [0.25, 0.3) is 0 Å². The molecule has 0 amide bonds. The lowest BCUT2D eigenvalue weighted by atomic mass is 10.0. The fraction of sp³-hybridized carbons (Fsp3) is 0.300. The SMILES string of the molecule is COc1c(C)cc(C)c(C(=O)O)c1Br. The monoisotopic (exact) mass is 258 g/mol. The molecule has 0 saturated carbocycles. The summed E-state index contributed by atoms with van der Waals surface area (Å²) >= 11 is 3.24. The highest BCUT2D eigenvalue weighted by atomic mass is 79.9. The molecule has 1 rings (SSSR count). The molecule has 1 aromatic carbocycles. The first-order valence-electron chi connectivity index (χ1n) is 4.06. The summed E-state index contributed by atoms with van der Waals surface area (Å²) in [6, 6.07) is 1.80. The molecule has 0 atom stereocenters. The number of benzene rings is 1. The van der Waals surface area contributed by atoms with Crippen LogP contribution in [0.1, 0.15) is 21.5 Å². The second kappa shape index (κ2) is 4.00. The number of carboxylic acids is 1. The number of halogens is 1. The summed E-state index contributed by atoms with van der Waals surface area (Å²) in [6.07, 6.45) is 0. The Kier molecular flexibility index (Phi) is 3.16. The fourth-order valence-electron chi connectivity index (χ4n) is 1.44. The van der Waals surface area contributed by atoms with E-state index >= 15 is 0 Å². The standard InChI is InChI=1S/C10H11BrO3/c1-5-4-6(2)9(14-3)8(11)7(5)10(12)13/h4H,1-3H3,(H,12,13). The van der Waals surface area contributed by atoms with E-state index in [-0.39, 0.29) is 5.56 Å². The minimum absolute atomic E-state index is 0.257. The van der Waals surface area contributed by atoms with Gasteiger partial charge in [-0.3, -0.25) is 0 Å². The number of methoxy groups -OCH3 is 1. The molecule has 0 bridgehead atoms. The number of carboxylic acid groups (broad SMARTS) is 1. The van der Waals surface area contributed by atoms with Gasteiger partial charge in [-0.15, -0.1) is 0 Å². The summed E-state index contributed by atoms with van der Waals surface area (Å²) in [5.41, 5.74) is 1.90. The first kappa shape index (κ1) is 11.0. The van der Waals surface area contributed by atoms with Crippen LogP contribution in [0.3, 0.4) is 0 Å². The zero-order chi connectivity index (χ0) is 10.9. The van der Waals surface area contributed by atoms with E-state index in [9.17, 15) is 4.79 Å². The van der Waals surface area contributed by atoms with Gasteiger partial charge in [0.25, 0.3) is 0 Å². The predicted molar refractivity (Wildman–Crippen MR) is 57.1 cm³/mol. The summed E-state index contributed by atoms with van der Waals surface area (Å²) in [5.74, 6) is -0.374. The third kappa shape index (κ3) is 1.75. The van der Waals surface area contributed by atoms with E-state index in [1.165, 1.54) is 7.11 Å². The Labute approximate surface area is 90.8 Å². The zero-order valence-electron chi connectivity index (χ0n) is 8.22. The number of hydrogen-bond acceptors (Lipinski definition) is 2. The van der Waals surface area contributed by atoms with Crippen LogP contribution >= 0.6 is 15.9 Å². The van der Waals surface area contributed by atoms with Gasteiger partial charge in [0.1, 0.15) is 5.75 Å². The number of hydrogen-bond donors (Lipinski definition) is 1. The maximum absolute atomic E-state index is 10.9. The van der Waals surface area contributed by atoms with Crippen LogP contribution in [0.5, 0.6) is 5.75 Å². The molecule has 0 spiro atoms. The van der Waals surface area contributed by atoms with E-state index in [4.69, 9.17) is 9.84 Å². The third-order valence-electron chi connectivity index (χ3n) is 2.02. The summed E-state index contributed by atoms with van der Waals surface area (Å²) in [7, 11) is 1.52. The quantitative estimate of drug-likeness (QED) is 0.888. The Morgan fingerprint density at radius 1 is 1.43 bits per heavy atom. The van der Waals surface area contributed by atoms with Crippen LogP contribution in [0, 0.1) is 13.8 Å². The Morgan fingerprint density at radius 3 is 2.43 bits per heavy atom. The number of carbonyl (C=O) groups is 1. The second-order valence-corrected chi connectivity index (χ2v) is 3.83. The molecule has 1 aromatic rings. The van der Waals surface area contributed by atoms with Crippen LogP contribution in [0.15, 0.2) is 10.5 Å². The summed E-state index contributed by atoms with van der Waals surface area (Å²) in [6.45, 7) is 3.64. The van der Waals surface area contributed by atoms with Gasteiger partial charge >= 0.3 is 5.97 Å². The molecular weight excluding hydrogens is 248 g/mol. The molecule has 3 nitrogen and oxygen atoms in total. The Hall–Kier alpha value is -1.03. The largest absolute Gasteiger partial charge is 0.495 e. The van der Waals surface area contributed by atoms with Gasteiger partial charge in [-0.2, -0.15) is 0 Å². The maximum Gasteiger partial charge on any atom is 0.337 e. The lowest BCUT2D eigenvalue weighted by Crippen LogP contribution is -2.04. The second-order valence-electron chi connectivity index (χ2n) is 3.04. The maximum atomic E-state index is 10.9. The number of aromatic carboxylic acids is 1. The number of rotatable bonds is 2. The molecule has 14 heavy (non-hydrogen) atoms. The van der Waals surface area contributed by atoms with Crippen molar-refractivity contribution in [2.75, 3.05) is 7.11 Å². The van der Waals surface area contributed by atoms with Crippen LogP contribution < -0.4 is 4.74 Å². The molecule has 0 radical (unpaired) electrons. The van der Waals surface area contributed by atoms with Crippen LogP contribution in [-0.4, -0.2) is 18.2 Å². The third-order valence-corrected chi connectivity index (χ3v) is 2.78. The van der Waals surface area contributed by atoms with E-state index in [2.05, 4.69) is 15.9 Å². The molecular formula is C10H11BrO3. The van der Waals surface area contributed by atoms with Gasteiger partial charge in [-0.25, -0.2) is 4.79 Å². The summed E-state index contributed by atoms with van der Waals surface area (Å²) in [5, 5.41) is 8.97. The van der Waals surface area contributed by atoms with Gasteiger partial charge in [-0.05, 0) is 40.9 Å². The molecule has 0 saturated heterocycles. The Balaban J connectivity index is 3.52. The first-order chi connectivity index (χ1) is 6.49. The van der Waals surface area contributed by atoms with E-state index in [0.29, 0.717) is 10.2 Å².